The highest BCUT2D eigenvalue weighted by atomic mass is 35.6. The molecule has 0 aliphatic carbocycles. The smallest absolute Gasteiger partial charge is 0.223 e. The van der Waals surface area contributed by atoms with E-state index in [1.54, 1.807) is 0 Å². The van der Waals surface area contributed by atoms with Crippen LogP contribution in [0.15, 0.2) is 0 Å². The van der Waals surface area contributed by atoms with Gasteiger partial charge in [-0.15, -0.1) is 11.6 Å². The Bertz CT molecular complexity index is 308. The normalized spacial score (nSPS) is 19.4. The van der Waals surface area contributed by atoms with Crippen LogP contribution in [-0.2, 0) is 4.79 Å². The summed E-state index contributed by atoms with van der Waals surface area (Å²) in [5.41, 5.74) is -0.389. The molecule has 1 fully saturated rings. The number of hydrogen-bond acceptors (Lipinski definition) is 1. The van der Waals surface area contributed by atoms with Crippen LogP contribution in [0, 0.1) is 5.41 Å². The molecule has 0 bridgehead atoms. The minimum absolute atomic E-state index is 0.152. The predicted molar refractivity (Wildman–Crippen MR) is 83.4 cm³/mol. The van der Waals surface area contributed by atoms with Crippen molar-refractivity contribution in [2.75, 3.05) is 13.1 Å². The fourth-order valence-corrected chi connectivity index (χ4v) is 3.24. The molecule has 1 amide bonds. The molecule has 1 atom stereocenters. The van der Waals surface area contributed by atoms with Crippen molar-refractivity contribution in [3.05, 3.63) is 0 Å². The van der Waals surface area contributed by atoms with Gasteiger partial charge >= 0.3 is 0 Å². The maximum absolute atomic E-state index is 12.3. The number of halogens is 4. The quantitative estimate of drug-likeness (QED) is 0.669. The molecule has 0 aromatic rings. The standard InChI is InChI=1S/C13H21Cl4NO/c1-12(2,10(14)8-13(15,16)17)9-11(19)18-6-4-3-5-7-18/h10H,3-9H2,1-2H3. The number of hydrogen-bond donors (Lipinski definition) is 0. The predicted octanol–water partition coefficient (Wildman–Crippen LogP) is 4.78. The zero-order chi connectivity index (χ0) is 14.7. The monoisotopic (exact) mass is 347 g/mol. The Morgan fingerprint density at radius 1 is 1.16 bits per heavy atom. The average molecular weight is 349 g/mol. The topological polar surface area (TPSA) is 20.3 Å². The van der Waals surface area contributed by atoms with Crippen molar-refractivity contribution >= 4 is 52.3 Å². The van der Waals surface area contributed by atoms with Crippen LogP contribution >= 0.6 is 46.4 Å². The maximum atomic E-state index is 12.3. The van der Waals surface area contributed by atoms with Crippen LogP contribution in [0.4, 0.5) is 0 Å². The Balaban J connectivity index is 2.54. The molecule has 1 rings (SSSR count). The molecule has 0 spiro atoms. The lowest BCUT2D eigenvalue weighted by Crippen LogP contribution is -2.40. The van der Waals surface area contributed by atoms with Gasteiger partial charge in [-0.2, -0.15) is 0 Å². The summed E-state index contributed by atoms with van der Waals surface area (Å²) < 4.78 is -1.38. The van der Waals surface area contributed by atoms with Gasteiger partial charge in [-0.05, 0) is 24.7 Å². The second-order valence-electron chi connectivity index (χ2n) is 5.89. The van der Waals surface area contributed by atoms with E-state index in [1.165, 1.54) is 6.42 Å². The van der Waals surface area contributed by atoms with Crippen molar-refractivity contribution in [3.8, 4) is 0 Å². The summed E-state index contributed by atoms with van der Waals surface area (Å²) in [7, 11) is 0. The number of carbonyl (C=O) groups excluding carboxylic acids is 1. The summed E-state index contributed by atoms with van der Waals surface area (Å²) in [4.78, 5) is 14.2. The van der Waals surface area contributed by atoms with E-state index in [4.69, 9.17) is 46.4 Å². The fourth-order valence-electron chi connectivity index (χ4n) is 2.24. The lowest BCUT2D eigenvalue weighted by atomic mass is 9.83. The first-order valence-corrected chi connectivity index (χ1v) is 8.17. The third kappa shape index (κ3) is 6.29. The molecule has 19 heavy (non-hydrogen) atoms. The molecule has 0 radical (unpaired) electrons. The van der Waals surface area contributed by atoms with Gasteiger partial charge in [0.2, 0.25) is 5.91 Å². The van der Waals surface area contributed by atoms with Crippen LogP contribution in [0.1, 0.15) is 46.0 Å². The van der Waals surface area contributed by atoms with Gasteiger partial charge < -0.3 is 4.90 Å². The van der Waals surface area contributed by atoms with Gasteiger partial charge in [0.05, 0.1) is 0 Å². The highest BCUT2D eigenvalue weighted by Crippen LogP contribution is 2.41. The number of likely N-dealkylation sites (tertiary alicyclic amines) is 1. The molecule has 6 heteroatoms. The Hall–Kier alpha value is 0.630. The second kappa shape index (κ2) is 7.06. The van der Waals surface area contributed by atoms with Crippen LogP contribution < -0.4 is 0 Å². The second-order valence-corrected chi connectivity index (χ2v) is 8.94. The molecule has 1 unspecified atom stereocenters. The molecule has 1 heterocycles. The summed E-state index contributed by atoms with van der Waals surface area (Å²) >= 11 is 23.6. The van der Waals surface area contributed by atoms with Crippen LogP contribution in [0.5, 0.6) is 0 Å². The van der Waals surface area contributed by atoms with E-state index < -0.39 is 3.79 Å². The molecular formula is C13H21Cl4NO. The van der Waals surface area contributed by atoms with E-state index in [9.17, 15) is 4.79 Å². The van der Waals surface area contributed by atoms with Crippen molar-refractivity contribution in [3.63, 3.8) is 0 Å². The van der Waals surface area contributed by atoms with E-state index in [0.29, 0.717) is 6.42 Å². The van der Waals surface area contributed by atoms with Gasteiger partial charge in [-0.1, -0.05) is 48.7 Å². The lowest BCUT2D eigenvalue weighted by Gasteiger charge is -2.34. The van der Waals surface area contributed by atoms with Gasteiger partial charge in [-0.25, -0.2) is 0 Å². The minimum atomic E-state index is -1.38. The van der Waals surface area contributed by atoms with Crippen LogP contribution in [0.3, 0.4) is 0 Å². The van der Waals surface area contributed by atoms with Crippen molar-refractivity contribution in [1.29, 1.82) is 0 Å². The largest absolute Gasteiger partial charge is 0.343 e. The summed E-state index contributed by atoms with van der Waals surface area (Å²) in [5.74, 6) is 0.152. The number of rotatable bonds is 4. The van der Waals surface area contributed by atoms with Crippen molar-refractivity contribution in [2.24, 2.45) is 5.41 Å². The third-order valence-corrected chi connectivity index (χ3v) is 4.78. The van der Waals surface area contributed by atoms with Gasteiger partial charge in [0.15, 0.2) is 3.79 Å². The SMILES string of the molecule is CC(C)(CC(=O)N1CCCCC1)C(Cl)CC(Cl)(Cl)Cl. The van der Waals surface area contributed by atoms with Gasteiger partial charge in [0, 0.05) is 31.3 Å². The Kier molecular flexibility index (Phi) is 6.57. The molecule has 112 valence electrons. The fraction of sp³-hybridized carbons (Fsp3) is 0.923. The Morgan fingerprint density at radius 3 is 2.16 bits per heavy atom. The first kappa shape index (κ1) is 17.7. The van der Waals surface area contributed by atoms with Crippen molar-refractivity contribution in [2.45, 2.75) is 55.1 Å². The number of carbonyl (C=O) groups is 1. The first-order valence-electron chi connectivity index (χ1n) is 6.60. The average Bonchev–Trinajstić information content (AvgIpc) is 2.27. The number of alkyl halides is 4. The van der Waals surface area contributed by atoms with E-state index in [0.717, 1.165) is 25.9 Å². The molecule has 0 saturated carbocycles. The van der Waals surface area contributed by atoms with Crippen LogP contribution in [0.2, 0.25) is 0 Å². The molecule has 1 saturated heterocycles. The highest BCUT2D eigenvalue weighted by molar-refractivity contribution is 6.67. The Labute approximate surface area is 135 Å². The van der Waals surface area contributed by atoms with E-state index >= 15 is 0 Å². The number of nitrogens with zero attached hydrogens (tertiary/aromatic N) is 1. The number of piperidine rings is 1. The van der Waals surface area contributed by atoms with Gasteiger partial charge in [0.1, 0.15) is 0 Å². The van der Waals surface area contributed by atoms with E-state index in [-0.39, 0.29) is 23.1 Å². The van der Waals surface area contributed by atoms with Crippen LogP contribution in [0.25, 0.3) is 0 Å². The minimum Gasteiger partial charge on any atom is -0.343 e. The van der Waals surface area contributed by atoms with E-state index in [2.05, 4.69) is 0 Å². The molecule has 0 aromatic carbocycles. The molecular weight excluding hydrogens is 328 g/mol. The summed E-state index contributed by atoms with van der Waals surface area (Å²) in [5, 5.41) is -0.353. The molecule has 0 aromatic heterocycles. The molecule has 0 N–H and O–H groups in total. The molecule has 1 aliphatic heterocycles. The molecule has 2 nitrogen and oxygen atoms in total. The zero-order valence-electron chi connectivity index (χ0n) is 11.4. The summed E-state index contributed by atoms with van der Waals surface area (Å²) in [6.45, 7) is 5.60. The molecule has 1 aliphatic rings. The van der Waals surface area contributed by atoms with Gasteiger partial charge in [-0.3, -0.25) is 4.79 Å². The van der Waals surface area contributed by atoms with Crippen molar-refractivity contribution < 1.29 is 4.79 Å². The van der Waals surface area contributed by atoms with Crippen LogP contribution in [-0.4, -0.2) is 33.1 Å². The lowest BCUT2D eigenvalue weighted by molar-refractivity contribution is -0.134. The first-order chi connectivity index (χ1) is 8.62. The summed E-state index contributed by atoms with van der Waals surface area (Å²) in [6, 6.07) is 0. The third-order valence-electron chi connectivity index (χ3n) is 3.57. The van der Waals surface area contributed by atoms with Gasteiger partial charge in [0.25, 0.3) is 0 Å². The van der Waals surface area contributed by atoms with Crippen molar-refractivity contribution in [1.82, 2.24) is 4.90 Å². The van der Waals surface area contributed by atoms with E-state index in [1.807, 2.05) is 18.7 Å². The zero-order valence-corrected chi connectivity index (χ0v) is 14.4. The maximum Gasteiger partial charge on any atom is 0.223 e. The summed E-state index contributed by atoms with van der Waals surface area (Å²) in [6.07, 6.45) is 4.01. The number of amides is 1. The Morgan fingerprint density at radius 2 is 1.68 bits per heavy atom. The highest BCUT2D eigenvalue weighted by Gasteiger charge is 2.37.